The lowest BCUT2D eigenvalue weighted by Gasteiger charge is -2.16. The molecule has 0 radical (unpaired) electrons. The normalized spacial score (nSPS) is 19.6. The summed E-state index contributed by atoms with van der Waals surface area (Å²) in [6.45, 7) is 3.34. The molecular formula is C19H20N6O2. The van der Waals surface area contributed by atoms with Gasteiger partial charge >= 0.3 is 0 Å². The first-order chi connectivity index (χ1) is 13.2. The number of aryl methyl sites for hydroxylation is 1. The lowest BCUT2D eigenvalue weighted by molar-refractivity contribution is 0.0787. The highest BCUT2D eigenvalue weighted by molar-refractivity contribution is 5.94. The summed E-state index contributed by atoms with van der Waals surface area (Å²) in [6.07, 6.45) is 4.92. The maximum absolute atomic E-state index is 12.7. The van der Waals surface area contributed by atoms with Crippen LogP contribution < -0.4 is 0 Å². The van der Waals surface area contributed by atoms with Crippen LogP contribution in [0.1, 0.15) is 53.0 Å². The maximum atomic E-state index is 12.7. The summed E-state index contributed by atoms with van der Waals surface area (Å²) in [5, 5.41) is 12.4. The Kier molecular flexibility index (Phi) is 3.77. The van der Waals surface area contributed by atoms with Gasteiger partial charge in [0.05, 0.1) is 12.2 Å². The summed E-state index contributed by atoms with van der Waals surface area (Å²) in [7, 11) is 0. The van der Waals surface area contributed by atoms with Crippen molar-refractivity contribution in [1.29, 1.82) is 0 Å². The van der Waals surface area contributed by atoms with Crippen LogP contribution in [-0.2, 0) is 0 Å². The molecule has 1 aliphatic carbocycles. The summed E-state index contributed by atoms with van der Waals surface area (Å²) < 4.78 is 7.12. The predicted molar refractivity (Wildman–Crippen MR) is 96.0 cm³/mol. The first-order valence-corrected chi connectivity index (χ1v) is 9.29. The smallest absolute Gasteiger partial charge is 0.280 e. The number of benzene rings is 1. The van der Waals surface area contributed by atoms with Gasteiger partial charge in [0.15, 0.2) is 11.5 Å². The fourth-order valence-corrected chi connectivity index (χ4v) is 3.42. The van der Waals surface area contributed by atoms with Crippen LogP contribution in [0.3, 0.4) is 0 Å². The zero-order valence-corrected chi connectivity index (χ0v) is 15.1. The lowest BCUT2D eigenvalue weighted by Crippen LogP contribution is -2.29. The molecular weight excluding hydrogens is 344 g/mol. The molecule has 1 amide bonds. The molecule has 5 rings (SSSR count). The minimum atomic E-state index is 0.0591. The zero-order chi connectivity index (χ0) is 18.4. The van der Waals surface area contributed by atoms with E-state index in [1.807, 2.05) is 42.3 Å². The Hall–Kier alpha value is -3.03. The van der Waals surface area contributed by atoms with Gasteiger partial charge in [-0.1, -0.05) is 28.1 Å². The monoisotopic (exact) mass is 364 g/mol. The van der Waals surface area contributed by atoms with Crippen molar-refractivity contribution in [2.75, 3.05) is 13.1 Å². The van der Waals surface area contributed by atoms with Gasteiger partial charge in [-0.3, -0.25) is 4.79 Å². The van der Waals surface area contributed by atoms with Crippen LogP contribution in [0.15, 0.2) is 35.0 Å². The molecule has 1 saturated heterocycles. The summed E-state index contributed by atoms with van der Waals surface area (Å²) in [4.78, 5) is 19.0. The molecule has 27 heavy (non-hydrogen) atoms. The molecule has 1 atom stereocenters. The molecule has 0 bridgehead atoms. The Bertz CT molecular complexity index is 972. The number of nitrogens with zero attached hydrogens (tertiary/aromatic N) is 6. The highest BCUT2D eigenvalue weighted by Gasteiger charge is 2.31. The van der Waals surface area contributed by atoms with Crippen molar-refractivity contribution in [1.82, 2.24) is 30.0 Å². The Balaban J connectivity index is 1.28. The SMILES string of the molecule is Cc1ccc(C(=O)N2CCC(n3cc(-c4nc(C5CC5)no4)nn3)C2)cc1. The van der Waals surface area contributed by atoms with E-state index in [1.54, 1.807) is 4.68 Å². The van der Waals surface area contributed by atoms with Crippen LogP contribution in [0.2, 0.25) is 0 Å². The Labute approximate surface area is 156 Å². The number of carbonyl (C=O) groups excluding carboxylic acids is 1. The molecule has 3 aromatic rings. The van der Waals surface area contributed by atoms with Crippen LogP contribution >= 0.6 is 0 Å². The minimum absolute atomic E-state index is 0.0591. The van der Waals surface area contributed by atoms with Gasteiger partial charge in [0, 0.05) is 24.6 Å². The van der Waals surface area contributed by atoms with Crippen LogP contribution in [0.4, 0.5) is 0 Å². The summed E-state index contributed by atoms with van der Waals surface area (Å²) in [6, 6.07) is 7.79. The third-order valence-corrected chi connectivity index (χ3v) is 5.24. The third kappa shape index (κ3) is 3.11. The first-order valence-electron chi connectivity index (χ1n) is 9.29. The standard InChI is InChI=1S/C19H20N6O2/c1-12-2-4-14(5-3-12)19(26)24-9-8-15(10-24)25-11-16(21-23-25)18-20-17(22-27-18)13-6-7-13/h2-5,11,13,15H,6-10H2,1H3. The average Bonchev–Trinajstić information content (AvgIpc) is 3.09. The van der Waals surface area contributed by atoms with Crippen molar-refractivity contribution in [3.8, 4) is 11.6 Å². The zero-order valence-electron chi connectivity index (χ0n) is 15.1. The van der Waals surface area contributed by atoms with Gasteiger partial charge in [0.25, 0.3) is 11.8 Å². The highest BCUT2D eigenvalue weighted by atomic mass is 16.5. The number of likely N-dealkylation sites (tertiary alicyclic amines) is 1. The van der Waals surface area contributed by atoms with Gasteiger partial charge in [0.1, 0.15) is 0 Å². The molecule has 8 nitrogen and oxygen atoms in total. The van der Waals surface area contributed by atoms with Gasteiger partial charge in [-0.25, -0.2) is 4.68 Å². The fourth-order valence-electron chi connectivity index (χ4n) is 3.42. The molecule has 1 saturated carbocycles. The maximum Gasteiger partial charge on any atom is 0.280 e. The number of rotatable bonds is 4. The largest absolute Gasteiger partial charge is 0.336 e. The van der Waals surface area contributed by atoms with Crippen molar-refractivity contribution >= 4 is 5.91 Å². The van der Waals surface area contributed by atoms with Crippen LogP contribution in [0, 0.1) is 6.92 Å². The van der Waals surface area contributed by atoms with Crippen molar-refractivity contribution in [3.05, 3.63) is 47.4 Å². The van der Waals surface area contributed by atoms with E-state index in [2.05, 4.69) is 20.5 Å². The van der Waals surface area contributed by atoms with Crippen molar-refractivity contribution < 1.29 is 9.32 Å². The average molecular weight is 364 g/mol. The van der Waals surface area contributed by atoms with E-state index in [0.29, 0.717) is 30.6 Å². The van der Waals surface area contributed by atoms with Crippen molar-refractivity contribution in [2.24, 2.45) is 0 Å². The van der Waals surface area contributed by atoms with Crippen LogP contribution in [0.5, 0.6) is 0 Å². The van der Waals surface area contributed by atoms with Gasteiger partial charge in [-0.15, -0.1) is 5.10 Å². The van der Waals surface area contributed by atoms with E-state index in [9.17, 15) is 4.79 Å². The second-order valence-corrected chi connectivity index (χ2v) is 7.38. The quantitative estimate of drug-likeness (QED) is 0.707. The molecule has 2 fully saturated rings. The second kappa shape index (κ2) is 6.29. The van der Waals surface area contributed by atoms with Crippen molar-refractivity contribution in [3.63, 3.8) is 0 Å². The molecule has 1 unspecified atom stereocenters. The number of aromatic nitrogens is 5. The molecule has 1 aromatic carbocycles. The minimum Gasteiger partial charge on any atom is -0.336 e. The van der Waals surface area contributed by atoms with Gasteiger partial charge < -0.3 is 9.42 Å². The molecule has 138 valence electrons. The van der Waals surface area contributed by atoms with E-state index in [0.717, 1.165) is 36.2 Å². The third-order valence-electron chi connectivity index (χ3n) is 5.24. The molecule has 8 heteroatoms. The van der Waals surface area contributed by atoms with E-state index in [-0.39, 0.29) is 11.9 Å². The van der Waals surface area contributed by atoms with Gasteiger partial charge in [-0.05, 0) is 38.3 Å². The topological polar surface area (TPSA) is 89.9 Å². The van der Waals surface area contributed by atoms with E-state index in [4.69, 9.17) is 4.52 Å². The predicted octanol–water partition coefficient (Wildman–Crippen LogP) is 2.60. The lowest BCUT2D eigenvalue weighted by atomic mass is 10.1. The summed E-state index contributed by atoms with van der Waals surface area (Å²) in [5.74, 6) is 1.67. The van der Waals surface area contributed by atoms with Crippen molar-refractivity contribution in [2.45, 2.75) is 38.1 Å². The summed E-state index contributed by atoms with van der Waals surface area (Å²) in [5.41, 5.74) is 2.45. The number of amides is 1. The van der Waals surface area contributed by atoms with Gasteiger partial charge in [-0.2, -0.15) is 4.98 Å². The molecule has 3 heterocycles. The highest BCUT2D eigenvalue weighted by Crippen LogP contribution is 2.38. The molecule has 0 spiro atoms. The number of hydrogen-bond acceptors (Lipinski definition) is 6. The Morgan fingerprint density at radius 3 is 2.78 bits per heavy atom. The molecule has 0 N–H and O–H groups in total. The molecule has 1 aliphatic heterocycles. The number of hydrogen-bond donors (Lipinski definition) is 0. The molecule has 2 aliphatic rings. The fraction of sp³-hybridized carbons (Fsp3) is 0.421. The Morgan fingerprint density at radius 2 is 2.00 bits per heavy atom. The van der Waals surface area contributed by atoms with Gasteiger partial charge in [0.2, 0.25) is 0 Å². The van der Waals surface area contributed by atoms with E-state index in [1.165, 1.54) is 0 Å². The van der Waals surface area contributed by atoms with E-state index >= 15 is 0 Å². The molecule has 2 aromatic heterocycles. The van der Waals surface area contributed by atoms with Crippen LogP contribution in [-0.4, -0.2) is 49.0 Å². The van der Waals surface area contributed by atoms with Crippen LogP contribution in [0.25, 0.3) is 11.6 Å². The summed E-state index contributed by atoms with van der Waals surface area (Å²) >= 11 is 0. The second-order valence-electron chi connectivity index (χ2n) is 7.38. The first kappa shape index (κ1) is 16.2. The number of carbonyl (C=O) groups is 1. The Morgan fingerprint density at radius 1 is 1.19 bits per heavy atom. The van der Waals surface area contributed by atoms with E-state index < -0.39 is 0 Å².